The molecule has 0 aliphatic carbocycles. The quantitative estimate of drug-likeness (QED) is 0.911. The molecule has 2 aliphatic rings. The molecule has 0 spiro atoms. The average molecular weight is 352 g/mol. The third-order valence-electron chi connectivity index (χ3n) is 5.19. The molecule has 26 heavy (non-hydrogen) atoms. The fourth-order valence-electron chi connectivity index (χ4n) is 3.82. The molecule has 2 fully saturated rings. The summed E-state index contributed by atoms with van der Waals surface area (Å²) in [5.74, 6) is 1.68. The first-order valence-corrected chi connectivity index (χ1v) is 9.28. The molecule has 2 aromatic rings. The molecule has 0 unspecified atom stereocenters. The number of carbonyl (C=O) groups excluding carboxylic acids is 1. The molecule has 4 heterocycles. The van der Waals surface area contributed by atoms with Gasteiger partial charge in [0.25, 0.3) is 5.91 Å². The van der Waals surface area contributed by atoms with E-state index in [-0.39, 0.29) is 11.9 Å². The van der Waals surface area contributed by atoms with Crippen LogP contribution in [-0.2, 0) is 0 Å². The smallest absolute Gasteiger partial charge is 0.254 e. The van der Waals surface area contributed by atoms with Crippen molar-refractivity contribution in [2.45, 2.75) is 31.7 Å². The molecule has 2 aliphatic heterocycles. The van der Waals surface area contributed by atoms with Crippen LogP contribution in [-0.4, -0.2) is 52.4 Å². The predicted octanol–water partition coefficient (Wildman–Crippen LogP) is 2.49. The maximum atomic E-state index is 13.2. The lowest BCUT2D eigenvalue weighted by molar-refractivity contribution is 0.0732. The molecule has 1 amide bonds. The molecular weight excluding hydrogens is 328 g/mol. The van der Waals surface area contributed by atoms with E-state index < -0.39 is 0 Å². The summed E-state index contributed by atoms with van der Waals surface area (Å²) in [6.45, 7) is 2.78. The Bertz CT molecular complexity index is 789. The van der Waals surface area contributed by atoms with Crippen LogP contribution in [0.1, 0.15) is 47.8 Å². The summed E-state index contributed by atoms with van der Waals surface area (Å²) in [6.07, 6.45) is 9.47. The first-order valence-electron chi connectivity index (χ1n) is 9.28. The van der Waals surface area contributed by atoms with Crippen molar-refractivity contribution in [3.8, 4) is 0 Å². The van der Waals surface area contributed by atoms with Crippen molar-refractivity contribution in [2.75, 3.05) is 36.9 Å². The summed E-state index contributed by atoms with van der Waals surface area (Å²) in [4.78, 5) is 30.6. The summed E-state index contributed by atoms with van der Waals surface area (Å²) < 4.78 is 0. The second kappa shape index (κ2) is 7.27. The minimum atomic E-state index is -0.0216. The molecule has 0 radical (unpaired) electrons. The molecule has 0 bridgehead atoms. The van der Waals surface area contributed by atoms with Crippen molar-refractivity contribution in [2.24, 2.45) is 0 Å². The van der Waals surface area contributed by atoms with Gasteiger partial charge in [-0.2, -0.15) is 0 Å². The van der Waals surface area contributed by atoms with Crippen molar-refractivity contribution in [3.63, 3.8) is 0 Å². The molecule has 1 atom stereocenters. The van der Waals surface area contributed by atoms with Crippen LogP contribution in [0.2, 0.25) is 0 Å². The van der Waals surface area contributed by atoms with Crippen molar-refractivity contribution in [1.29, 1.82) is 0 Å². The molecule has 2 aromatic heterocycles. The van der Waals surface area contributed by atoms with Crippen molar-refractivity contribution < 1.29 is 4.79 Å². The number of hydrogen-bond donors (Lipinski definition) is 1. The van der Waals surface area contributed by atoms with Crippen molar-refractivity contribution in [3.05, 3.63) is 42.0 Å². The van der Waals surface area contributed by atoms with Gasteiger partial charge in [-0.15, -0.1) is 0 Å². The van der Waals surface area contributed by atoms with E-state index in [0.29, 0.717) is 5.56 Å². The van der Waals surface area contributed by atoms with Gasteiger partial charge in [-0.1, -0.05) is 0 Å². The minimum absolute atomic E-state index is 0.0216. The summed E-state index contributed by atoms with van der Waals surface area (Å²) in [6, 6.07) is 3.72. The van der Waals surface area contributed by atoms with E-state index >= 15 is 0 Å². The predicted molar refractivity (Wildman–Crippen MR) is 100 cm³/mol. The zero-order valence-corrected chi connectivity index (χ0v) is 15.1. The molecule has 7 nitrogen and oxygen atoms in total. The van der Waals surface area contributed by atoms with Crippen molar-refractivity contribution >= 4 is 17.5 Å². The van der Waals surface area contributed by atoms with E-state index in [1.54, 1.807) is 18.6 Å². The Balaban J connectivity index is 1.57. The molecule has 7 heteroatoms. The number of pyridine rings is 1. The highest BCUT2D eigenvalue weighted by Gasteiger charge is 2.32. The highest BCUT2D eigenvalue weighted by Crippen LogP contribution is 2.32. The zero-order valence-electron chi connectivity index (χ0n) is 15.1. The Hall–Kier alpha value is -2.70. The van der Waals surface area contributed by atoms with E-state index in [1.165, 1.54) is 12.8 Å². The Morgan fingerprint density at radius 1 is 1.19 bits per heavy atom. The normalized spacial score (nSPS) is 19.8. The van der Waals surface area contributed by atoms with Crippen LogP contribution in [0.5, 0.6) is 0 Å². The summed E-state index contributed by atoms with van der Waals surface area (Å²) >= 11 is 0. The van der Waals surface area contributed by atoms with Crippen LogP contribution in [0.4, 0.5) is 11.6 Å². The average Bonchev–Trinajstić information content (AvgIpc) is 3.39. The first-order chi connectivity index (χ1) is 12.8. The fraction of sp³-hybridized carbons (Fsp3) is 0.474. The monoisotopic (exact) mass is 352 g/mol. The van der Waals surface area contributed by atoms with Gasteiger partial charge in [-0.3, -0.25) is 9.78 Å². The molecule has 1 N–H and O–H groups in total. The van der Waals surface area contributed by atoms with E-state index in [9.17, 15) is 4.79 Å². The zero-order chi connectivity index (χ0) is 17.9. The Morgan fingerprint density at radius 2 is 2.04 bits per heavy atom. The van der Waals surface area contributed by atoms with Crippen LogP contribution in [0.15, 0.2) is 30.7 Å². The SMILES string of the molecule is CNc1cncc([C@H]2CCCN2C(=O)c2ccnc(N3CCCC3)c2)n1. The number of likely N-dealkylation sites (tertiary alicyclic amines) is 1. The number of rotatable bonds is 4. The third-order valence-corrected chi connectivity index (χ3v) is 5.19. The maximum Gasteiger partial charge on any atom is 0.254 e. The van der Waals surface area contributed by atoms with E-state index in [0.717, 1.165) is 49.8 Å². The van der Waals surface area contributed by atoms with Gasteiger partial charge in [-0.25, -0.2) is 9.97 Å². The van der Waals surface area contributed by atoms with Gasteiger partial charge >= 0.3 is 0 Å². The van der Waals surface area contributed by atoms with Crippen LogP contribution in [0, 0.1) is 0 Å². The third kappa shape index (κ3) is 3.21. The van der Waals surface area contributed by atoms with Crippen LogP contribution in [0.25, 0.3) is 0 Å². The first kappa shape index (κ1) is 16.8. The Kier molecular flexibility index (Phi) is 4.69. The molecule has 136 valence electrons. The number of amides is 1. The molecule has 4 rings (SSSR count). The highest BCUT2D eigenvalue weighted by molar-refractivity contribution is 5.95. The maximum absolute atomic E-state index is 13.2. The van der Waals surface area contributed by atoms with E-state index in [1.807, 2.05) is 24.1 Å². The number of aromatic nitrogens is 3. The van der Waals surface area contributed by atoms with Gasteiger partial charge < -0.3 is 15.1 Å². The molecule has 2 saturated heterocycles. The number of anilines is 2. The lowest BCUT2D eigenvalue weighted by atomic mass is 10.1. The van der Waals surface area contributed by atoms with Gasteiger partial charge in [0.15, 0.2) is 0 Å². The Morgan fingerprint density at radius 3 is 2.85 bits per heavy atom. The summed E-state index contributed by atoms with van der Waals surface area (Å²) in [5, 5.41) is 3.01. The van der Waals surface area contributed by atoms with E-state index in [2.05, 4.69) is 25.2 Å². The number of carbonyl (C=O) groups is 1. The molecular formula is C19H24N6O. The van der Waals surface area contributed by atoms with E-state index in [4.69, 9.17) is 0 Å². The lowest BCUT2D eigenvalue weighted by Gasteiger charge is -2.25. The standard InChI is InChI=1S/C19H24N6O/c1-20-17-13-21-12-15(23-17)16-5-4-10-25(16)19(26)14-6-7-22-18(11-14)24-8-2-3-9-24/h6-7,11-13,16H,2-5,8-10H2,1H3,(H,20,23)/t16-/m1/s1. The highest BCUT2D eigenvalue weighted by atomic mass is 16.2. The summed E-state index contributed by atoms with van der Waals surface area (Å²) in [7, 11) is 1.82. The molecule has 0 saturated carbocycles. The van der Waals surface area contributed by atoms with Crippen LogP contribution in [0.3, 0.4) is 0 Å². The van der Waals surface area contributed by atoms with Gasteiger partial charge in [0, 0.05) is 38.4 Å². The number of hydrogen-bond acceptors (Lipinski definition) is 6. The molecule has 0 aromatic carbocycles. The lowest BCUT2D eigenvalue weighted by Crippen LogP contribution is -2.31. The van der Waals surface area contributed by atoms with Gasteiger partial charge in [0.1, 0.15) is 11.6 Å². The van der Waals surface area contributed by atoms with Crippen LogP contribution < -0.4 is 10.2 Å². The minimum Gasteiger partial charge on any atom is -0.372 e. The number of nitrogens with zero attached hydrogens (tertiary/aromatic N) is 5. The largest absolute Gasteiger partial charge is 0.372 e. The summed E-state index contributed by atoms with van der Waals surface area (Å²) in [5.41, 5.74) is 1.54. The van der Waals surface area contributed by atoms with Gasteiger partial charge in [0.05, 0.1) is 24.1 Å². The fourth-order valence-corrected chi connectivity index (χ4v) is 3.82. The number of nitrogens with one attached hydrogen (secondary N) is 1. The van der Waals surface area contributed by atoms with Crippen molar-refractivity contribution in [1.82, 2.24) is 19.9 Å². The topological polar surface area (TPSA) is 74.2 Å². The van der Waals surface area contributed by atoms with Gasteiger partial charge in [0.2, 0.25) is 0 Å². The van der Waals surface area contributed by atoms with Crippen LogP contribution >= 0.6 is 0 Å². The second-order valence-corrected chi connectivity index (χ2v) is 6.83. The van der Waals surface area contributed by atoms with Gasteiger partial charge in [-0.05, 0) is 37.8 Å². The Labute approximate surface area is 153 Å². The second-order valence-electron chi connectivity index (χ2n) is 6.83.